The van der Waals surface area contributed by atoms with Crippen LogP contribution in [0.15, 0.2) is 18.3 Å². The van der Waals surface area contributed by atoms with E-state index in [0.717, 1.165) is 17.9 Å². The monoisotopic (exact) mass is 164 g/mol. The molecular formula is C10H16N2. The van der Waals surface area contributed by atoms with Crippen molar-refractivity contribution in [3.8, 4) is 0 Å². The summed E-state index contributed by atoms with van der Waals surface area (Å²) in [5, 5.41) is 3.31. The Morgan fingerprint density at radius 2 is 2.25 bits per heavy atom. The molecule has 1 N–H and O–H groups in total. The molecule has 1 heterocycles. The number of unbranched alkanes of at least 4 members (excludes halogenated alkanes) is 1. The first-order chi connectivity index (χ1) is 5.83. The number of hydrogen-bond acceptors (Lipinski definition) is 2. The Labute approximate surface area is 74.0 Å². The van der Waals surface area contributed by atoms with E-state index in [2.05, 4.69) is 23.3 Å². The highest BCUT2D eigenvalue weighted by molar-refractivity contribution is 5.40. The Bertz CT molecular complexity index is 216. The second-order valence-corrected chi connectivity index (χ2v) is 2.97. The van der Waals surface area contributed by atoms with E-state index in [1.54, 1.807) is 0 Å². The van der Waals surface area contributed by atoms with E-state index in [9.17, 15) is 0 Å². The van der Waals surface area contributed by atoms with Gasteiger partial charge in [0.15, 0.2) is 0 Å². The lowest BCUT2D eigenvalue weighted by Gasteiger charge is -2.04. The summed E-state index contributed by atoms with van der Waals surface area (Å²) < 4.78 is 0. The van der Waals surface area contributed by atoms with Crippen LogP contribution < -0.4 is 5.32 Å². The Hall–Kier alpha value is -1.05. The average Bonchev–Trinajstić information content (AvgIpc) is 2.09. The molecule has 0 radical (unpaired) electrons. The standard InChI is InChI=1S/C10H16N2/c1-3-4-7-11-10-6-5-9(2)12-8-10/h5-6,8,11H,3-4,7H2,1-2H3. The molecule has 0 aliphatic carbocycles. The van der Waals surface area contributed by atoms with Crippen LogP contribution in [0, 0.1) is 6.92 Å². The molecule has 0 amide bonds. The number of hydrogen-bond donors (Lipinski definition) is 1. The van der Waals surface area contributed by atoms with Crippen LogP contribution in [0.4, 0.5) is 5.69 Å². The van der Waals surface area contributed by atoms with Crippen molar-refractivity contribution in [3.63, 3.8) is 0 Å². The third-order valence-corrected chi connectivity index (χ3v) is 1.77. The van der Waals surface area contributed by atoms with Gasteiger partial charge in [0, 0.05) is 12.2 Å². The van der Waals surface area contributed by atoms with Crippen LogP contribution in [0.1, 0.15) is 25.5 Å². The number of pyridine rings is 1. The van der Waals surface area contributed by atoms with Gasteiger partial charge in [-0.1, -0.05) is 13.3 Å². The molecule has 1 aromatic heterocycles. The highest BCUT2D eigenvalue weighted by Gasteiger charge is 1.90. The molecule has 2 heteroatoms. The summed E-state index contributed by atoms with van der Waals surface area (Å²) in [6, 6.07) is 4.09. The zero-order valence-corrected chi connectivity index (χ0v) is 7.80. The number of aryl methyl sites for hydroxylation is 1. The number of rotatable bonds is 4. The summed E-state index contributed by atoms with van der Waals surface area (Å²) >= 11 is 0. The topological polar surface area (TPSA) is 24.9 Å². The van der Waals surface area contributed by atoms with Crippen LogP contribution in [0.5, 0.6) is 0 Å². The summed E-state index contributed by atoms with van der Waals surface area (Å²) in [5.41, 5.74) is 2.19. The van der Waals surface area contributed by atoms with Crippen molar-refractivity contribution in [2.45, 2.75) is 26.7 Å². The van der Waals surface area contributed by atoms with Crippen LogP contribution in [-0.2, 0) is 0 Å². The van der Waals surface area contributed by atoms with Gasteiger partial charge >= 0.3 is 0 Å². The first-order valence-corrected chi connectivity index (χ1v) is 4.49. The minimum Gasteiger partial charge on any atom is -0.384 e. The lowest BCUT2D eigenvalue weighted by molar-refractivity contribution is 0.833. The number of nitrogens with one attached hydrogen (secondary N) is 1. The van der Waals surface area contributed by atoms with Gasteiger partial charge in [-0.25, -0.2) is 0 Å². The lowest BCUT2D eigenvalue weighted by Crippen LogP contribution is -2.00. The molecule has 1 rings (SSSR count). The lowest BCUT2D eigenvalue weighted by atomic mass is 10.3. The van der Waals surface area contributed by atoms with Crippen LogP contribution >= 0.6 is 0 Å². The minimum atomic E-state index is 1.04. The van der Waals surface area contributed by atoms with Crippen molar-refractivity contribution in [2.75, 3.05) is 11.9 Å². The zero-order valence-electron chi connectivity index (χ0n) is 7.80. The predicted molar refractivity (Wildman–Crippen MR) is 52.4 cm³/mol. The Morgan fingerprint density at radius 1 is 1.42 bits per heavy atom. The van der Waals surface area contributed by atoms with E-state index in [1.165, 1.54) is 12.8 Å². The summed E-state index contributed by atoms with van der Waals surface area (Å²) in [7, 11) is 0. The van der Waals surface area contributed by atoms with Gasteiger partial charge in [-0.2, -0.15) is 0 Å². The van der Waals surface area contributed by atoms with E-state index < -0.39 is 0 Å². The largest absolute Gasteiger partial charge is 0.384 e. The van der Waals surface area contributed by atoms with Crippen molar-refractivity contribution in [2.24, 2.45) is 0 Å². The molecule has 0 spiro atoms. The first-order valence-electron chi connectivity index (χ1n) is 4.49. The number of nitrogens with zero attached hydrogens (tertiary/aromatic N) is 1. The van der Waals surface area contributed by atoms with E-state index in [1.807, 2.05) is 19.2 Å². The van der Waals surface area contributed by atoms with Crippen LogP contribution in [-0.4, -0.2) is 11.5 Å². The van der Waals surface area contributed by atoms with Crippen molar-refractivity contribution >= 4 is 5.69 Å². The SMILES string of the molecule is CCCCNc1ccc(C)nc1. The van der Waals surface area contributed by atoms with Crippen molar-refractivity contribution in [1.82, 2.24) is 4.98 Å². The molecule has 0 fully saturated rings. The molecule has 0 unspecified atom stereocenters. The van der Waals surface area contributed by atoms with Gasteiger partial charge in [0.05, 0.1) is 11.9 Å². The van der Waals surface area contributed by atoms with E-state index in [4.69, 9.17) is 0 Å². The summed E-state index contributed by atoms with van der Waals surface area (Å²) in [6.45, 7) is 5.23. The van der Waals surface area contributed by atoms with Gasteiger partial charge in [0.2, 0.25) is 0 Å². The fourth-order valence-electron chi connectivity index (χ4n) is 0.982. The average molecular weight is 164 g/mol. The second-order valence-electron chi connectivity index (χ2n) is 2.97. The van der Waals surface area contributed by atoms with Gasteiger partial charge in [0.25, 0.3) is 0 Å². The van der Waals surface area contributed by atoms with Crippen molar-refractivity contribution in [1.29, 1.82) is 0 Å². The Kier molecular flexibility index (Phi) is 3.58. The molecule has 1 aromatic rings. The van der Waals surface area contributed by atoms with Crippen LogP contribution in [0.3, 0.4) is 0 Å². The molecule has 12 heavy (non-hydrogen) atoms. The van der Waals surface area contributed by atoms with Gasteiger partial charge in [-0.05, 0) is 25.5 Å². The Balaban J connectivity index is 2.37. The normalized spacial score (nSPS) is 9.83. The van der Waals surface area contributed by atoms with Crippen LogP contribution in [0.25, 0.3) is 0 Å². The number of anilines is 1. The van der Waals surface area contributed by atoms with E-state index in [-0.39, 0.29) is 0 Å². The molecule has 0 saturated heterocycles. The maximum atomic E-state index is 4.20. The molecule has 0 aliphatic rings. The maximum Gasteiger partial charge on any atom is 0.0526 e. The maximum absolute atomic E-state index is 4.20. The zero-order chi connectivity index (χ0) is 8.81. The van der Waals surface area contributed by atoms with Gasteiger partial charge in [0.1, 0.15) is 0 Å². The molecular weight excluding hydrogens is 148 g/mol. The second kappa shape index (κ2) is 4.75. The van der Waals surface area contributed by atoms with Gasteiger partial charge < -0.3 is 5.32 Å². The van der Waals surface area contributed by atoms with Crippen molar-refractivity contribution in [3.05, 3.63) is 24.0 Å². The molecule has 2 nitrogen and oxygen atoms in total. The highest BCUT2D eigenvalue weighted by Crippen LogP contribution is 2.05. The summed E-state index contributed by atoms with van der Waals surface area (Å²) in [4.78, 5) is 4.20. The highest BCUT2D eigenvalue weighted by atomic mass is 14.9. The third-order valence-electron chi connectivity index (χ3n) is 1.77. The molecule has 0 atom stereocenters. The third kappa shape index (κ3) is 2.91. The fraction of sp³-hybridized carbons (Fsp3) is 0.500. The molecule has 0 bridgehead atoms. The fourth-order valence-corrected chi connectivity index (χ4v) is 0.982. The van der Waals surface area contributed by atoms with Crippen molar-refractivity contribution < 1.29 is 0 Å². The smallest absolute Gasteiger partial charge is 0.0526 e. The van der Waals surface area contributed by atoms with Gasteiger partial charge in [-0.15, -0.1) is 0 Å². The predicted octanol–water partition coefficient (Wildman–Crippen LogP) is 2.60. The summed E-state index contributed by atoms with van der Waals surface area (Å²) in [5.74, 6) is 0. The quantitative estimate of drug-likeness (QED) is 0.692. The molecule has 0 saturated carbocycles. The number of aromatic nitrogens is 1. The van der Waals surface area contributed by atoms with E-state index in [0.29, 0.717) is 0 Å². The first kappa shape index (κ1) is 9.04. The molecule has 66 valence electrons. The van der Waals surface area contributed by atoms with Crippen LogP contribution in [0.2, 0.25) is 0 Å². The molecule has 0 aromatic carbocycles. The minimum absolute atomic E-state index is 1.04. The van der Waals surface area contributed by atoms with Gasteiger partial charge in [-0.3, -0.25) is 4.98 Å². The van der Waals surface area contributed by atoms with E-state index >= 15 is 0 Å². The Morgan fingerprint density at radius 3 is 2.83 bits per heavy atom. The molecule has 0 aliphatic heterocycles. The summed E-state index contributed by atoms with van der Waals surface area (Å²) in [6.07, 6.45) is 4.32.